The third-order valence-electron chi connectivity index (χ3n) is 2.49. The van der Waals surface area contributed by atoms with Crippen molar-refractivity contribution in [2.45, 2.75) is 11.4 Å². The second-order valence-electron chi connectivity index (χ2n) is 3.99. The Morgan fingerprint density at radius 1 is 1.24 bits per heavy atom. The first kappa shape index (κ1) is 15.9. The summed E-state index contributed by atoms with van der Waals surface area (Å²) >= 11 is 13.3. The zero-order valence-corrected chi connectivity index (χ0v) is 13.2. The van der Waals surface area contributed by atoms with Gasteiger partial charge in [0.25, 0.3) is 0 Å². The molecule has 0 aliphatic heterocycles. The van der Waals surface area contributed by atoms with E-state index in [1.54, 1.807) is 24.4 Å². The highest BCUT2D eigenvalue weighted by atomic mass is 35.5. The molecule has 0 spiro atoms. The minimum Gasteiger partial charge on any atom is -0.381 e. The highest BCUT2D eigenvalue weighted by molar-refractivity contribution is 7.99. The minimum absolute atomic E-state index is 0.181. The van der Waals surface area contributed by atoms with Crippen LogP contribution in [0.15, 0.2) is 35.6 Å². The number of nitrogens with one attached hydrogen (secondary N) is 1. The second-order valence-corrected chi connectivity index (χ2v) is 5.89. The lowest BCUT2D eigenvalue weighted by molar-refractivity contribution is -0.115. The molecule has 0 aliphatic rings. The summed E-state index contributed by atoms with van der Waals surface area (Å²) in [5, 5.41) is 4.12. The van der Waals surface area contributed by atoms with E-state index in [4.69, 9.17) is 28.9 Å². The van der Waals surface area contributed by atoms with Gasteiger partial charge in [0, 0.05) is 24.6 Å². The van der Waals surface area contributed by atoms with E-state index in [0.717, 1.165) is 0 Å². The van der Waals surface area contributed by atoms with Crippen molar-refractivity contribution in [1.82, 2.24) is 9.97 Å². The Kier molecular flexibility index (Phi) is 5.67. The van der Waals surface area contributed by atoms with Crippen molar-refractivity contribution in [1.29, 1.82) is 0 Å². The summed E-state index contributed by atoms with van der Waals surface area (Å²) in [6, 6.07) is 5.04. The standard InChI is InChI=1S/C13H12Cl2N4OS/c14-8-2-1-3-9(15)11(8)19-10(20)4-7-21-13-12(16)17-5-6-18-13/h1-3,5-6H,4,7H2,(H2,16,17)(H,19,20). The van der Waals surface area contributed by atoms with Crippen molar-refractivity contribution in [3.63, 3.8) is 0 Å². The number of carbonyl (C=O) groups excluding carboxylic acids is 1. The molecular formula is C13H12Cl2N4OS. The number of nitrogen functional groups attached to an aromatic ring is 1. The summed E-state index contributed by atoms with van der Waals surface area (Å²) in [5.74, 6) is 0.702. The number of hydrogen-bond acceptors (Lipinski definition) is 5. The largest absolute Gasteiger partial charge is 0.381 e. The zero-order chi connectivity index (χ0) is 15.2. The molecule has 2 rings (SSSR count). The summed E-state index contributed by atoms with van der Waals surface area (Å²) in [4.78, 5) is 19.9. The van der Waals surface area contributed by atoms with Gasteiger partial charge in [0.1, 0.15) is 5.03 Å². The van der Waals surface area contributed by atoms with Crippen LogP contribution in [0.25, 0.3) is 0 Å². The first-order valence-electron chi connectivity index (χ1n) is 6.01. The van der Waals surface area contributed by atoms with Crippen molar-refractivity contribution in [3.8, 4) is 0 Å². The van der Waals surface area contributed by atoms with Crippen molar-refractivity contribution in [3.05, 3.63) is 40.6 Å². The topological polar surface area (TPSA) is 80.9 Å². The first-order chi connectivity index (χ1) is 10.1. The lowest BCUT2D eigenvalue weighted by atomic mass is 10.3. The summed E-state index contributed by atoms with van der Waals surface area (Å²) in [7, 11) is 0. The van der Waals surface area contributed by atoms with Gasteiger partial charge in [-0.2, -0.15) is 0 Å². The van der Waals surface area contributed by atoms with Crippen molar-refractivity contribution in [2.75, 3.05) is 16.8 Å². The maximum Gasteiger partial charge on any atom is 0.225 e. The predicted octanol–water partition coefficient (Wildman–Crippen LogP) is 3.49. The normalized spacial score (nSPS) is 10.4. The van der Waals surface area contributed by atoms with Crippen LogP contribution in [0.4, 0.5) is 11.5 Å². The summed E-state index contributed by atoms with van der Waals surface area (Å²) in [6.45, 7) is 0. The molecule has 0 fully saturated rings. The number of amides is 1. The average Bonchev–Trinajstić information content (AvgIpc) is 2.45. The highest BCUT2D eigenvalue weighted by Gasteiger charge is 2.10. The van der Waals surface area contributed by atoms with Crippen LogP contribution in [0.3, 0.4) is 0 Å². The zero-order valence-electron chi connectivity index (χ0n) is 10.8. The molecule has 0 saturated carbocycles. The van der Waals surface area contributed by atoms with Crippen LogP contribution < -0.4 is 11.1 Å². The molecular weight excluding hydrogens is 331 g/mol. The number of nitrogens with zero attached hydrogens (tertiary/aromatic N) is 2. The van der Waals surface area contributed by atoms with Gasteiger partial charge in [-0.3, -0.25) is 4.79 Å². The maximum atomic E-state index is 11.9. The van der Waals surface area contributed by atoms with E-state index < -0.39 is 0 Å². The molecule has 1 aromatic heterocycles. The number of anilines is 2. The van der Waals surface area contributed by atoms with Gasteiger partial charge in [0.05, 0.1) is 15.7 Å². The van der Waals surface area contributed by atoms with E-state index in [-0.39, 0.29) is 12.3 Å². The number of para-hydroxylation sites is 1. The van der Waals surface area contributed by atoms with E-state index in [0.29, 0.717) is 32.3 Å². The van der Waals surface area contributed by atoms with Gasteiger partial charge in [-0.1, -0.05) is 29.3 Å². The van der Waals surface area contributed by atoms with E-state index in [2.05, 4.69) is 15.3 Å². The quantitative estimate of drug-likeness (QED) is 0.813. The van der Waals surface area contributed by atoms with E-state index in [9.17, 15) is 4.79 Å². The van der Waals surface area contributed by atoms with Gasteiger partial charge in [-0.15, -0.1) is 11.8 Å². The van der Waals surface area contributed by atoms with E-state index >= 15 is 0 Å². The Bertz CT molecular complexity index is 634. The van der Waals surface area contributed by atoms with Crippen LogP contribution in [0.2, 0.25) is 10.0 Å². The fourth-order valence-electron chi connectivity index (χ4n) is 1.51. The van der Waals surface area contributed by atoms with Crippen LogP contribution in [0, 0.1) is 0 Å². The summed E-state index contributed by atoms with van der Waals surface area (Å²) in [6.07, 6.45) is 3.36. The molecule has 1 amide bonds. The Morgan fingerprint density at radius 2 is 1.90 bits per heavy atom. The number of hydrogen-bond donors (Lipinski definition) is 2. The molecule has 21 heavy (non-hydrogen) atoms. The summed E-state index contributed by atoms with van der Waals surface area (Å²) < 4.78 is 0. The number of benzene rings is 1. The number of halogens is 2. The van der Waals surface area contributed by atoms with Gasteiger partial charge in [-0.25, -0.2) is 9.97 Å². The smallest absolute Gasteiger partial charge is 0.225 e. The molecule has 0 bridgehead atoms. The molecule has 3 N–H and O–H groups in total. The SMILES string of the molecule is Nc1nccnc1SCCC(=O)Nc1c(Cl)cccc1Cl. The van der Waals surface area contributed by atoms with Crippen LogP contribution in [0.1, 0.15) is 6.42 Å². The lowest BCUT2D eigenvalue weighted by Gasteiger charge is -2.09. The van der Waals surface area contributed by atoms with Crippen LogP contribution in [0.5, 0.6) is 0 Å². The van der Waals surface area contributed by atoms with Gasteiger partial charge < -0.3 is 11.1 Å². The van der Waals surface area contributed by atoms with Crippen molar-refractivity contribution < 1.29 is 4.79 Å². The molecule has 110 valence electrons. The van der Waals surface area contributed by atoms with Crippen LogP contribution in [-0.2, 0) is 4.79 Å². The van der Waals surface area contributed by atoms with Gasteiger partial charge >= 0.3 is 0 Å². The average molecular weight is 343 g/mol. The molecule has 1 aromatic carbocycles. The first-order valence-corrected chi connectivity index (χ1v) is 7.75. The molecule has 2 aromatic rings. The molecule has 8 heteroatoms. The van der Waals surface area contributed by atoms with Crippen molar-refractivity contribution >= 4 is 52.4 Å². The number of nitrogens with two attached hydrogens (primary N) is 1. The highest BCUT2D eigenvalue weighted by Crippen LogP contribution is 2.30. The molecule has 5 nitrogen and oxygen atoms in total. The summed E-state index contributed by atoms with van der Waals surface area (Å²) in [5.41, 5.74) is 6.10. The second kappa shape index (κ2) is 7.49. The Morgan fingerprint density at radius 3 is 2.57 bits per heavy atom. The number of thioether (sulfide) groups is 1. The van der Waals surface area contributed by atoms with Crippen LogP contribution >= 0.6 is 35.0 Å². The van der Waals surface area contributed by atoms with Gasteiger partial charge in [0.15, 0.2) is 5.82 Å². The van der Waals surface area contributed by atoms with Gasteiger partial charge in [0.2, 0.25) is 5.91 Å². The minimum atomic E-state index is -0.181. The third kappa shape index (κ3) is 4.49. The van der Waals surface area contributed by atoms with Crippen LogP contribution in [-0.4, -0.2) is 21.6 Å². The number of aromatic nitrogens is 2. The molecule has 0 unspecified atom stereocenters. The van der Waals surface area contributed by atoms with E-state index in [1.807, 2.05) is 0 Å². The predicted molar refractivity (Wildman–Crippen MR) is 86.9 cm³/mol. The van der Waals surface area contributed by atoms with Gasteiger partial charge in [-0.05, 0) is 12.1 Å². The fraction of sp³-hybridized carbons (Fsp3) is 0.154. The molecule has 0 atom stereocenters. The number of rotatable bonds is 5. The Labute approximate surface area is 136 Å². The molecule has 0 aliphatic carbocycles. The van der Waals surface area contributed by atoms with E-state index in [1.165, 1.54) is 18.0 Å². The van der Waals surface area contributed by atoms with Crippen molar-refractivity contribution in [2.24, 2.45) is 0 Å². The third-order valence-corrected chi connectivity index (χ3v) is 4.11. The monoisotopic (exact) mass is 342 g/mol. The Balaban J connectivity index is 1.87. The maximum absolute atomic E-state index is 11.9. The fourth-order valence-corrected chi connectivity index (χ4v) is 2.82. The molecule has 0 saturated heterocycles. The Hall–Kier alpha value is -1.50. The number of carbonyl (C=O) groups is 1. The molecule has 1 heterocycles. The molecule has 0 radical (unpaired) electrons. The lowest BCUT2D eigenvalue weighted by Crippen LogP contribution is -2.13.